The molecule has 0 saturated carbocycles. The first-order valence-corrected chi connectivity index (χ1v) is 3.31. The van der Waals surface area contributed by atoms with Crippen LogP contribution in [-0.4, -0.2) is 30.8 Å². The lowest BCUT2D eigenvalue weighted by atomic mass is 10.4. The summed E-state index contributed by atoms with van der Waals surface area (Å²) in [4.78, 5) is 11.2. The first kappa shape index (κ1) is 5.73. The quantitative estimate of drug-likeness (QED) is 0.501. The SMILES string of the molecule is C1=NC=C2NOCCN2C1. The van der Waals surface area contributed by atoms with Crippen LogP contribution >= 0.6 is 0 Å². The Kier molecular flexibility index (Phi) is 1.32. The highest BCUT2D eigenvalue weighted by Crippen LogP contribution is 2.07. The van der Waals surface area contributed by atoms with Gasteiger partial charge in [-0.1, -0.05) is 0 Å². The van der Waals surface area contributed by atoms with Gasteiger partial charge in [0.2, 0.25) is 0 Å². The van der Waals surface area contributed by atoms with Gasteiger partial charge in [-0.25, -0.2) is 5.48 Å². The molecule has 54 valence electrons. The number of aliphatic imine (C=N–C) groups is 1. The molecule has 0 unspecified atom stereocenters. The van der Waals surface area contributed by atoms with E-state index in [1.54, 1.807) is 6.20 Å². The summed E-state index contributed by atoms with van der Waals surface area (Å²) in [7, 11) is 0. The number of rotatable bonds is 0. The standard InChI is InChI=1S/C6H9N3O/c1-2-9-3-4-10-8-6(9)5-7-1/h1,5,8H,2-4H2. The van der Waals surface area contributed by atoms with Gasteiger partial charge in [-0.15, -0.1) is 0 Å². The van der Waals surface area contributed by atoms with Crippen molar-refractivity contribution in [3.8, 4) is 0 Å². The molecule has 1 N–H and O–H groups in total. The van der Waals surface area contributed by atoms with Crippen molar-refractivity contribution in [3.05, 3.63) is 12.0 Å². The zero-order chi connectivity index (χ0) is 6.81. The molecule has 0 aromatic heterocycles. The predicted octanol–water partition coefficient (Wildman–Crippen LogP) is -0.294. The van der Waals surface area contributed by atoms with Gasteiger partial charge in [0.1, 0.15) is 5.82 Å². The Balaban J connectivity index is 2.14. The lowest BCUT2D eigenvalue weighted by molar-refractivity contribution is -0.00430. The van der Waals surface area contributed by atoms with E-state index >= 15 is 0 Å². The maximum absolute atomic E-state index is 5.01. The molecule has 2 rings (SSSR count). The summed E-state index contributed by atoms with van der Waals surface area (Å²) in [5, 5.41) is 0. The van der Waals surface area contributed by atoms with Crippen molar-refractivity contribution in [1.82, 2.24) is 10.4 Å². The van der Waals surface area contributed by atoms with E-state index in [1.165, 1.54) is 0 Å². The maximum Gasteiger partial charge on any atom is 0.145 e. The van der Waals surface area contributed by atoms with Crippen molar-refractivity contribution < 1.29 is 4.84 Å². The number of nitrogens with one attached hydrogen (secondary N) is 1. The van der Waals surface area contributed by atoms with E-state index < -0.39 is 0 Å². The Labute approximate surface area is 59.1 Å². The Morgan fingerprint density at radius 3 is 3.60 bits per heavy atom. The van der Waals surface area contributed by atoms with Crippen LogP contribution in [0.4, 0.5) is 0 Å². The fourth-order valence-electron chi connectivity index (χ4n) is 1.03. The van der Waals surface area contributed by atoms with E-state index in [1.807, 2.05) is 6.21 Å². The van der Waals surface area contributed by atoms with Gasteiger partial charge in [0.05, 0.1) is 19.4 Å². The normalized spacial score (nSPS) is 23.2. The van der Waals surface area contributed by atoms with Crippen molar-refractivity contribution in [3.63, 3.8) is 0 Å². The van der Waals surface area contributed by atoms with E-state index in [0.717, 1.165) is 25.5 Å². The van der Waals surface area contributed by atoms with Gasteiger partial charge in [0, 0.05) is 12.8 Å². The molecule has 0 atom stereocenters. The molecule has 2 heterocycles. The molecular weight excluding hydrogens is 130 g/mol. The summed E-state index contributed by atoms with van der Waals surface area (Å²) in [6.07, 6.45) is 3.65. The van der Waals surface area contributed by atoms with Crippen molar-refractivity contribution in [1.29, 1.82) is 0 Å². The van der Waals surface area contributed by atoms with Crippen LogP contribution in [0, 0.1) is 0 Å². The minimum atomic E-state index is 0.741. The molecule has 1 saturated heterocycles. The van der Waals surface area contributed by atoms with Crippen LogP contribution in [-0.2, 0) is 4.84 Å². The second-order valence-corrected chi connectivity index (χ2v) is 2.24. The van der Waals surface area contributed by atoms with Crippen LogP contribution in [0.5, 0.6) is 0 Å². The monoisotopic (exact) mass is 139 g/mol. The third-order valence-electron chi connectivity index (χ3n) is 1.58. The lowest BCUT2D eigenvalue weighted by Gasteiger charge is -2.31. The topological polar surface area (TPSA) is 36.9 Å². The van der Waals surface area contributed by atoms with Gasteiger partial charge in [0.25, 0.3) is 0 Å². The van der Waals surface area contributed by atoms with E-state index in [-0.39, 0.29) is 0 Å². The molecule has 4 nitrogen and oxygen atoms in total. The third kappa shape index (κ3) is 0.863. The summed E-state index contributed by atoms with van der Waals surface area (Å²) < 4.78 is 0. The molecule has 2 aliphatic heterocycles. The van der Waals surface area contributed by atoms with Crippen LogP contribution in [0.25, 0.3) is 0 Å². The Morgan fingerprint density at radius 2 is 2.70 bits per heavy atom. The summed E-state index contributed by atoms with van der Waals surface area (Å²) in [6.45, 7) is 2.58. The fourth-order valence-corrected chi connectivity index (χ4v) is 1.03. The molecule has 1 fully saturated rings. The molecule has 0 aromatic rings. The third-order valence-corrected chi connectivity index (χ3v) is 1.58. The van der Waals surface area contributed by atoms with Crippen molar-refractivity contribution >= 4 is 6.21 Å². The summed E-state index contributed by atoms with van der Waals surface area (Å²) in [5.41, 5.74) is 2.79. The van der Waals surface area contributed by atoms with Crippen LogP contribution in [0.2, 0.25) is 0 Å². The fraction of sp³-hybridized carbons (Fsp3) is 0.500. The largest absolute Gasteiger partial charge is 0.348 e. The molecule has 0 aliphatic carbocycles. The molecule has 2 aliphatic rings. The maximum atomic E-state index is 5.01. The van der Waals surface area contributed by atoms with E-state index in [0.29, 0.717) is 0 Å². The minimum absolute atomic E-state index is 0.741. The lowest BCUT2D eigenvalue weighted by Crippen LogP contribution is -2.42. The molecule has 0 radical (unpaired) electrons. The first-order valence-electron chi connectivity index (χ1n) is 3.31. The van der Waals surface area contributed by atoms with Crippen molar-refractivity contribution in [2.24, 2.45) is 4.99 Å². The van der Waals surface area contributed by atoms with Gasteiger partial charge < -0.3 is 4.90 Å². The average Bonchev–Trinajstić information content (AvgIpc) is 2.05. The zero-order valence-corrected chi connectivity index (χ0v) is 5.58. The van der Waals surface area contributed by atoms with Crippen LogP contribution in [0.1, 0.15) is 0 Å². The Hall–Kier alpha value is -1.03. The van der Waals surface area contributed by atoms with E-state index in [9.17, 15) is 0 Å². The van der Waals surface area contributed by atoms with Crippen molar-refractivity contribution in [2.45, 2.75) is 0 Å². The zero-order valence-electron chi connectivity index (χ0n) is 5.58. The van der Waals surface area contributed by atoms with E-state index in [2.05, 4.69) is 15.4 Å². The number of fused-ring (bicyclic) bond motifs is 1. The summed E-state index contributed by atoms with van der Waals surface area (Å²) in [6, 6.07) is 0. The molecular formula is C6H9N3O. The van der Waals surface area contributed by atoms with Gasteiger partial charge >= 0.3 is 0 Å². The van der Waals surface area contributed by atoms with Gasteiger partial charge in [-0.2, -0.15) is 0 Å². The summed E-state index contributed by atoms with van der Waals surface area (Å²) in [5.74, 6) is 0.966. The van der Waals surface area contributed by atoms with E-state index in [4.69, 9.17) is 4.84 Å². The average molecular weight is 139 g/mol. The molecule has 10 heavy (non-hydrogen) atoms. The minimum Gasteiger partial charge on any atom is -0.348 e. The highest BCUT2D eigenvalue weighted by Gasteiger charge is 2.14. The van der Waals surface area contributed by atoms with Crippen LogP contribution in [0.15, 0.2) is 17.0 Å². The second-order valence-electron chi connectivity index (χ2n) is 2.24. The summed E-state index contributed by atoms with van der Waals surface area (Å²) >= 11 is 0. The molecule has 4 heteroatoms. The molecule has 0 amide bonds. The smallest absolute Gasteiger partial charge is 0.145 e. The molecule has 0 bridgehead atoms. The highest BCUT2D eigenvalue weighted by atomic mass is 16.6. The highest BCUT2D eigenvalue weighted by molar-refractivity contribution is 5.62. The molecule has 0 spiro atoms. The molecule has 0 aromatic carbocycles. The van der Waals surface area contributed by atoms with Gasteiger partial charge in [-0.05, 0) is 0 Å². The predicted molar refractivity (Wildman–Crippen MR) is 37.2 cm³/mol. The number of hydrogen-bond acceptors (Lipinski definition) is 4. The number of hydroxylamine groups is 1. The van der Waals surface area contributed by atoms with Crippen molar-refractivity contribution in [2.75, 3.05) is 19.7 Å². The Bertz CT molecular complexity index is 187. The first-order chi connectivity index (χ1) is 4.97. The second kappa shape index (κ2) is 2.30. The van der Waals surface area contributed by atoms with Gasteiger partial charge in [-0.3, -0.25) is 9.83 Å². The van der Waals surface area contributed by atoms with Crippen LogP contribution < -0.4 is 5.48 Å². The Morgan fingerprint density at radius 1 is 1.70 bits per heavy atom. The number of nitrogens with zero attached hydrogens (tertiary/aromatic N) is 2. The van der Waals surface area contributed by atoms with Gasteiger partial charge in [0.15, 0.2) is 0 Å². The number of hydrogen-bond donors (Lipinski definition) is 1. The van der Waals surface area contributed by atoms with Crippen LogP contribution in [0.3, 0.4) is 0 Å².